The summed E-state index contributed by atoms with van der Waals surface area (Å²) in [5.74, 6) is 2.42. The lowest BCUT2D eigenvalue weighted by molar-refractivity contribution is 0.459. The smallest absolute Gasteiger partial charge is 0.191 e. The minimum atomic E-state index is 0. The van der Waals surface area contributed by atoms with Crippen molar-refractivity contribution in [2.75, 3.05) is 31.1 Å². The van der Waals surface area contributed by atoms with Crippen LogP contribution in [0.1, 0.15) is 49.3 Å². The molecule has 6 heteroatoms. The van der Waals surface area contributed by atoms with Gasteiger partial charge in [-0.2, -0.15) is 0 Å². The predicted molar refractivity (Wildman–Crippen MR) is 138 cm³/mol. The van der Waals surface area contributed by atoms with Crippen molar-refractivity contribution in [3.63, 3.8) is 0 Å². The minimum Gasteiger partial charge on any atom is -0.357 e. The largest absolute Gasteiger partial charge is 0.357 e. The summed E-state index contributed by atoms with van der Waals surface area (Å²) in [5.41, 5.74) is 3.84. The zero-order valence-electron chi connectivity index (χ0n) is 18.7. The molecule has 1 saturated heterocycles. The second-order valence-electron chi connectivity index (χ2n) is 8.13. The van der Waals surface area contributed by atoms with Gasteiger partial charge in [-0.25, -0.2) is 4.98 Å². The lowest BCUT2D eigenvalue weighted by atomic mass is 10.0. The zero-order valence-corrected chi connectivity index (χ0v) is 21.0. The first-order chi connectivity index (χ1) is 14.0. The molecule has 5 nitrogen and oxygen atoms in total. The second kappa shape index (κ2) is 12.1. The van der Waals surface area contributed by atoms with Crippen LogP contribution in [0.5, 0.6) is 0 Å². The molecule has 2 heterocycles. The van der Waals surface area contributed by atoms with Crippen LogP contribution >= 0.6 is 24.0 Å². The number of hydrogen-bond acceptors (Lipinski definition) is 3. The van der Waals surface area contributed by atoms with Crippen LogP contribution in [-0.2, 0) is 0 Å². The molecule has 1 aliphatic rings. The van der Waals surface area contributed by atoms with Crippen molar-refractivity contribution in [2.24, 2.45) is 4.99 Å². The van der Waals surface area contributed by atoms with Gasteiger partial charge < -0.3 is 15.5 Å². The number of piperidine rings is 1. The van der Waals surface area contributed by atoms with E-state index in [2.05, 4.69) is 84.6 Å². The van der Waals surface area contributed by atoms with Gasteiger partial charge in [0.1, 0.15) is 5.82 Å². The molecular weight excluding hydrogens is 485 g/mol. The third-order valence-electron chi connectivity index (χ3n) is 5.57. The molecule has 30 heavy (non-hydrogen) atoms. The predicted octanol–water partition coefficient (Wildman–Crippen LogP) is 4.64. The van der Waals surface area contributed by atoms with Crippen LogP contribution in [0.4, 0.5) is 5.82 Å². The van der Waals surface area contributed by atoms with Crippen LogP contribution in [0, 0.1) is 13.8 Å². The number of nitrogens with one attached hydrogen (secondary N) is 2. The summed E-state index contributed by atoms with van der Waals surface area (Å²) in [7, 11) is 0. The van der Waals surface area contributed by atoms with Gasteiger partial charge in [0, 0.05) is 44.3 Å². The normalized spacial score (nSPS) is 16.0. The fourth-order valence-electron chi connectivity index (χ4n) is 3.64. The van der Waals surface area contributed by atoms with Crippen LogP contribution in [0.15, 0.2) is 47.6 Å². The SMILES string of the molecule is CCNC(=NCC(C)c1ccc(C)cc1)NC1CCN(c2ccc(C)cn2)CC1.I. The van der Waals surface area contributed by atoms with Crippen LogP contribution in [0.2, 0.25) is 0 Å². The van der Waals surface area contributed by atoms with Crippen LogP contribution in [0.3, 0.4) is 0 Å². The Morgan fingerprint density at radius 1 is 1.10 bits per heavy atom. The van der Waals surface area contributed by atoms with E-state index in [4.69, 9.17) is 4.99 Å². The highest BCUT2D eigenvalue weighted by Gasteiger charge is 2.21. The van der Waals surface area contributed by atoms with Gasteiger partial charge in [0.05, 0.1) is 0 Å². The standard InChI is InChI=1S/C24H35N5.HI/c1-5-25-24(27-17-20(4)21-9-6-18(2)7-10-21)28-22-12-14-29(15-13-22)23-11-8-19(3)16-26-23;/h6-11,16,20,22H,5,12-15,17H2,1-4H3,(H2,25,27,28);1H. The van der Waals surface area contributed by atoms with E-state index in [1.165, 1.54) is 16.7 Å². The molecule has 1 aliphatic heterocycles. The van der Waals surface area contributed by atoms with E-state index in [-0.39, 0.29) is 24.0 Å². The van der Waals surface area contributed by atoms with Crippen molar-refractivity contribution >= 4 is 35.8 Å². The second-order valence-corrected chi connectivity index (χ2v) is 8.13. The molecule has 164 valence electrons. The highest BCUT2D eigenvalue weighted by Crippen LogP contribution is 2.19. The van der Waals surface area contributed by atoms with Gasteiger partial charge in [0.2, 0.25) is 0 Å². The Balaban J connectivity index is 0.00000320. The summed E-state index contributed by atoms with van der Waals surface area (Å²) >= 11 is 0. The summed E-state index contributed by atoms with van der Waals surface area (Å²) in [5, 5.41) is 7.05. The minimum absolute atomic E-state index is 0. The van der Waals surface area contributed by atoms with E-state index in [0.717, 1.165) is 50.8 Å². The molecule has 3 rings (SSSR count). The molecule has 2 N–H and O–H groups in total. The summed E-state index contributed by atoms with van der Waals surface area (Å²) in [4.78, 5) is 11.8. The first-order valence-electron chi connectivity index (χ1n) is 10.8. The number of benzene rings is 1. The number of pyridine rings is 1. The fourth-order valence-corrected chi connectivity index (χ4v) is 3.64. The van der Waals surface area contributed by atoms with Gasteiger partial charge in [0.25, 0.3) is 0 Å². The molecule has 1 aromatic heterocycles. The van der Waals surface area contributed by atoms with E-state index in [9.17, 15) is 0 Å². The molecule has 2 aromatic rings. The van der Waals surface area contributed by atoms with Crippen LogP contribution in [0.25, 0.3) is 0 Å². The Bertz CT molecular complexity index is 780. The highest BCUT2D eigenvalue weighted by molar-refractivity contribution is 14.0. The molecule has 0 amide bonds. The van der Waals surface area contributed by atoms with Crippen molar-refractivity contribution in [1.29, 1.82) is 0 Å². The number of rotatable bonds is 6. The van der Waals surface area contributed by atoms with Gasteiger partial charge in [-0.1, -0.05) is 42.8 Å². The first kappa shape index (κ1) is 24.4. The van der Waals surface area contributed by atoms with Gasteiger partial charge in [-0.3, -0.25) is 4.99 Å². The van der Waals surface area contributed by atoms with Gasteiger partial charge in [-0.05, 0) is 50.8 Å². The Labute approximate surface area is 198 Å². The average Bonchev–Trinajstić information content (AvgIpc) is 2.74. The van der Waals surface area contributed by atoms with E-state index < -0.39 is 0 Å². The molecule has 1 aromatic carbocycles. The molecule has 1 atom stereocenters. The number of aliphatic imine (C=N–C) groups is 1. The highest BCUT2D eigenvalue weighted by atomic mass is 127. The lowest BCUT2D eigenvalue weighted by Crippen LogP contribution is -2.49. The maximum Gasteiger partial charge on any atom is 0.191 e. The summed E-state index contributed by atoms with van der Waals surface area (Å²) in [6.45, 7) is 12.3. The number of anilines is 1. The van der Waals surface area contributed by atoms with E-state index in [1.807, 2.05) is 6.20 Å². The topological polar surface area (TPSA) is 52.6 Å². The molecule has 0 spiro atoms. The first-order valence-corrected chi connectivity index (χ1v) is 10.8. The van der Waals surface area contributed by atoms with Gasteiger partial charge in [-0.15, -0.1) is 24.0 Å². The van der Waals surface area contributed by atoms with E-state index >= 15 is 0 Å². The molecule has 0 saturated carbocycles. The Hall–Kier alpha value is -1.83. The fraction of sp³-hybridized carbons (Fsp3) is 0.500. The van der Waals surface area contributed by atoms with Crippen molar-refractivity contribution in [2.45, 2.75) is 52.5 Å². The third-order valence-corrected chi connectivity index (χ3v) is 5.57. The van der Waals surface area contributed by atoms with Crippen LogP contribution < -0.4 is 15.5 Å². The maximum atomic E-state index is 4.86. The lowest BCUT2D eigenvalue weighted by Gasteiger charge is -2.34. The average molecular weight is 521 g/mol. The summed E-state index contributed by atoms with van der Waals surface area (Å²) < 4.78 is 0. The monoisotopic (exact) mass is 521 g/mol. The Morgan fingerprint density at radius 2 is 1.77 bits per heavy atom. The maximum absolute atomic E-state index is 4.86. The van der Waals surface area contributed by atoms with Gasteiger partial charge >= 0.3 is 0 Å². The summed E-state index contributed by atoms with van der Waals surface area (Å²) in [6.07, 6.45) is 4.13. The number of nitrogens with zero attached hydrogens (tertiary/aromatic N) is 3. The zero-order chi connectivity index (χ0) is 20.6. The Kier molecular flexibility index (Phi) is 9.88. The number of aryl methyl sites for hydroxylation is 2. The van der Waals surface area contributed by atoms with Crippen molar-refractivity contribution in [1.82, 2.24) is 15.6 Å². The van der Waals surface area contributed by atoms with Crippen LogP contribution in [-0.4, -0.2) is 43.2 Å². The third kappa shape index (κ3) is 7.15. The number of guanidine groups is 1. The molecule has 0 aliphatic carbocycles. The quantitative estimate of drug-likeness (QED) is 0.331. The van der Waals surface area contributed by atoms with E-state index in [0.29, 0.717) is 12.0 Å². The number of hydrogen-bond donors (Lipinski definition) is 2. The van der Waals surface area contributed by atoms with Crippen molar-refractivity contribution in [3.8, 4) is 0 Å². The number of aromatic nitrogens is 1. The van der Waals surface area contributed by atoms with E-state index in [1.54, 1.807) is 0 Å². The van der Waals surface area contributed by atoms with Crippen molar-refractivity contribution < 1.29 is 0 Å². The molecule has 1 fully saturated rings. The van der Waals surface area contributed by atoms with Gasteiger partial charge in [0.15, 0.2) is 5.96 Å². The molecule has 0 bridgehead atoms. The summed E-state index contributed by atoms with van der Waals surface area (Å²) in [6, 6.07) is 13.5. The Morgan fingerprint density at radius 3 is 2.37 bits per heavy atom. The molecular formula is C24H36IN5. The van der Waals surface area contributed by atoms with Crippen molar-refractivity contribution in [3.05, 3.63) is 59.3 Å². The molecule has 1 unspecified atom stereocenters. The number of halogens is 1. The molecule has 0 radical (unpaired) electrons.